The molecule has 90 heavy (non-hydrogen) atoms. The summed E-state index contributed by atoms with van der Waals surface area (Å²) in [6, 6.07) is 31.1. The van der Waals surface area contributed by atoms with Gasteiger partial charge in [-0.05, 0) is 117 Å². The number of hydrogen-bond acceptors (Lipinski definition) is 17. The van der Waals surface area contributed by atoms with Crippen LogP contribution in [0.1, 0.15) is 119 Å². The second-order valence-electron chi connectivity index (χ2n) is 23.0. The van der Waals surface area contributed by atoms with Crippen LogP contribution < -0.4 is 30.6 Å². The highest BCUT2D eigenvalue weighted by molar-refractivity contribution is 5.96. The van der Waals surface area contributed by atoms with Gasteiger partial charge in [-0.25, -0.2) is 19.0 Å². The van der Waals surface area contributed by atoms with Gasteiger partial charge in [0.15, 0.2) is 37.3 Å². The van der Waals surface area contributed by atoms with Crippen LogP contribution in [0.3, 0.4) is 0 Å². The first kappa shape index (κ1) is 66.3. The predicted octanol–water partition coefficient (Wildman–Crippen LogP) is 8.16. The topological polar surface area (TPSA) is 283 Å². The quantitative estimate of drug-likeness (QED) is 0.0158. The van der Waals surface area contributed by atoms with Crippen LogP contribution in [0.15, 0.2) is 122 Å². The molecule has 0 spiro atoms. The molecule has 1 aliphatic carbocycles. The third kappa shape index (κ3) is 18.7. The van der Waals surface area contributed by atoms with Crippen LogP contribution >= 0.6 is 0 Å². The number of carbonyl (C=O) groups excluding carboxylic acids is 9. The zero-order valence-corrected chi connectivity index (χ0v) is 51.5. The number of anilines is 2. The van der Waals surface area contributed by atoms with Crippen molar-refractivity contribution in [2.24, 2.45) is 5.92 Å². The second-order valence-corrected chi connectivity index (χ2v) is 23.0. The third-order valence-corrected chi connectivity index (χ3v) is 15.0. The van der Waals surface area contributed by atoms with Crippen molar-refractivity contribution in [3.63, 3.8) is 0 Å². The average molecular weight is 1240 g/mol. The number of likely N-dealkylation sites (tertiary alicyclic amines) is 1. The molecule has 5 atom stereocenters. The molecule has 0 radical (unpaired) electrons. The summed E-state index contributed by atoms with van der Waals surface area (Å²) in [6.07, 6.45) is 1.19. The van der Waals surface area contributed by atoms with Crippen LogP contribution in [0.5, 0.6) is 5.75 Å². The van der Waals surface area contributed by atoms with Crippen LogP contribution in [-0.4, -0.2) is 135 Å². The first-order valence-electron chi connectivity index (χ1n) is 29.9. The van der Waals surface area contributed by atoms with E-state index in [-0.39, 0.29) is 55.3 Å². The number of nitrogens with zero attached hydrogens (tertiary/aromatic N) is 2. The smallest absolute Gasteiger partial charge is 0.412 e. The van der Waals surface area contributed by atoms with E-state index < -0.39 is 78.3 Å². The monoisotopic (exact) mass is 1240 g/mol. The average Bonchev–Trinajstić information content (AvgIpc) is 1.45. The molecule has 2 saturated heterocycles. The van der Waals surface area contributed by atoms with Crippen LogP contribution in [0, 0.1) is 5.92 Å². The van der Waals surface area contributed by atoms with Gasteiger partial charge in [-0.2, -0.15) is 0 Å². The maximum absolute atomic E-state index is 13.8. The Morgan fingerprint density at radius 2 is 1.39 bits per heavy atom. The molecule has 3 aliphatic rings. The van der Waals surface area contributed by atoms with Crippen molar-refractivity contribution in [3.8, 4) is 16.9 Å². The van der Waals surface area contributed by atoms with Gasteiger partial charge in [0.25, 0.3) is 5.91 Å². The van der Waals surface area contributed by atoms with E-state index in [2.05, 4.69) is 21.3 Å². The van der Waals surface area contributed by atoms with E-state index in [1.54, 1.807) is 63.2 Å². The lowest BCUT2D eigenvalue weighted by atomic mass is 9.91. The van der Waals surface area contributed by atoms with E-state index in [0.29, 0.717) is 47.9 Å². The van der Waals surface area contributed by atoms with E-state index in [0.717, 1.165) is 82.2 Å². The van der Waals surface area contributed by atoms with Gasteiger partial charge in [-0.15, -0.1) is 0 Å². The van der Waals surface area contributed by atoms with Gasteiger partial charge in [0.1, 0.15) is 18.0 Å². The Bertz CT molecular complexity index is 3420. The molecule has 4 aromatic carbocycles. The summed E-state index contributed by atoms with van der Waals surface area (Å²) in [5, 5.41) is 11.1. The van der Waals surface area contributed by atoms with Crippen molar-refractivity contribution in [2.45, 2.75) is 129 Å². The first-order valence-corrected chi connectivity index (χ1v) is 29.9. The largest absolute Gasteiger partial charge is 0.467 e. The Morgan fingerprint density at radius 1 is 0.711 bits per heavy atom. The second kappa shape index (κ2) is 31.0. The lowest BCUT2D eigenvalue weighted by Gasteiger charge is -2.43. The summed E-state index contributed by atoms with van der Waals surface area (Å²) >= 11 is 0. The number of alkyl carbamates (subject to hydrolysis) is 1. The molecule has 23 heteroatoms. The SMILES string of the molecule is COC(=O)[C@H]1O[C@@H](Oc2ccc(C[n+]3cccc(/C=C/C(=O)NCCCCC4CCN(C(=O)c5cccc(NC(=O)OC(C)(C)C)c5)CC4)c3)cc2NC(=O)CCNC(=O)OCC2c3ccccc3-c3ccccc32)[C@H](OC(C)=O)[C@@H](OC(C)=O)[C@@H]1OC(C)=O. The number of esters is 4. The zero-order valence-electron chi connectivity index (χ0n) is 51.5. The first-order chi connectivity index (χ1) is 43.1. The third-order valence-electron chi connectivity index (χ3n) is 15.0. The molecule has 476 valence electrons. The number of piperidine rings is 1. The number of unbranched alkanes of at least 4 members (excludes halogenated alkanes) is 1. The van der Waals surface area contributed by atoms with E-state index in [1.165, 1.54) is 12.1 Å². The molecule has 5 aromatic rings. The Labute approximate surface area is 522 Å². The van der Waals surface area contributed by atoms with Crippen molar-refractivity contribution in [1.82, 2.24) is 15.5 Å². The molecular weight excluding hydrogens is 1160 g/mol. The minimum atomic E-state index is -1.76. The molecule has 0 saturated carbocycles. The van der Waals surface area contributed by atoms with E-state index >= 15 is 0 Å². The molecular formula is C67H77N6O17+. The summed E-state index contributed by atoms with van der Waals surface area (Å²) in [6.45, 7) is 10.5. The Kier molecular flexibility index (Phi) is 22.8. The van der Waals surface area contributed by atoms with Gasteiger partial charge in [-0.3, -0.25) is 34.1 Å². The van der Waals surface area contributed by atoms with Gasteiger partial charge in [0.05, 0.1) is 12.8 Å². The number of amides is 5. The highest BCUT2D eigenvalue weighted by Crippen LogP contribution is 2.44. The summed E-state index contributed by atoms with van der Waals surface area (Å²) in [7, 11) is 1.06. The minimum Gasteiger partial charge on any atom is -0.467 e. The van der Waals surface area contributed by atoms with Crippen molar-refractivity contribution in [3.05, 3.63) is 149 Å². The van der Waals surface area contributed by atoms with Crippen LogP contribution in [0.25, 0.3) is 17.2 Å². The molecule has 2 fully saturated rings. The number of fused-ring (bicyclic) bond motifs is 3. The zero-order chi connectivity index (χ0) is 64.5. The van der Waals surface area contributed by atoms with Crippen molar-refractivity contribution in [1.29, 1.82) is 0 Å². The molecule has 8 rings (SSSR count). The summed E-state index contributed by atoms with van der Waals surface area (Å²) < 4.78 is 46.7. The molecule has 3 heterocycles. The van der Waals surface area contributed by atoms with Gasteiger partial charge < -0.3 is 58.7 Å². The maximum atomic E-state index is 13.8. The molecule has 0 bridgehead atoms. The summed E-state index contributed by atoms with van der Waals surface area (Å²) in [5.74, 6) is -4.38. The number of rotatable bonds is 23. The fourth-order valence-corrected chi connectivity index (χ4v) is 11.0. The molecule has 23 nitrogen and oxygen atoms in total. The number of pyridine rings is 1. The van der Waals surface area contributed by atoms with Crippen molar-refractivity contribution >= 4 is 71.2 Å². The lowest BCUT2D eigenvalue weighted by Crippen LogP contribution is -2.64. The summed E-state index contributed by atoms with van der Waals surface area (Å²) in [5.41, 5.74) is 5.97. The predicted molar refractivity (Wildman–Crippen MR) is 327 cm³/mol. The van der Waals surface area contributed by atoms with Gasteiger partial charge >= 0.3 is 36.1 Å². The fourth-order valence-electron chi connectivity index (χ4n) is 11.0. The standard InChI is InChI=1S/C67H76N6O17/c1-41(74)85-58-59(86-42(2)75)61(87-43(3)76)64(89-60(58)63(80)83-7)88-55-26-24-46(36-54(55)71-57(78)28-32-69-65(81)84-40-53-51-22-10-8-20-49(51)50-21-9-11-23-52(50)53)39-72-33-15-17-45(38-72)25-27-56(77)68-31-13-12-16-44-29-34-73(35-30-44)62(79)47-18-14-19-48(37-47)70-66(82)90-67(4,5)6/h8-11,14-15,17-27,33,36-38,44,53,58-61,64H,12-13,16,28-32,34-35,39-40H2,1-7H3,(H3-,68,69,70,71,77,78,81,82)/p+1/b27-25+/t58-,59-,60-,61+,64+/m0/s1. The van der Waals surface area contributed by atoms with E-state index in [1.807, 2.05) is 82.5 Å². The maximum Gasteiger partial charge on any atom is 0.412 e. The van der Waals surface area contributed by atoms with Gasteiger partial charge in [0.2, 0.25) is 24.2 Å². The van der Waals surface area contributed by atoms with Gasteiger partial charge in [-0.1, -0.05) is 67.4 Å². The Balaban J connectivity index is 0.875. The molecule has 0 unspecified atom stereocenters. The van der Waals surface area contributed by atoms with Crippen molar-refractivity contribution < 1.29 is 85.6 Å². The summed E-state index contributed by atoms with van der Waals surface area (Å²) in [4.78, 5) is 118. The number of ether oxygens (including phenoxy) is 8. The van der Waals surface area contributed by atoms with E-state index in [4.69, 9.17) is 37.9 Å². The molecule has 5 amide bonds. The minimum absolute atomic E-state index is 0.0621. The van der Waals surface area contributed by atoms with Crippen LogP contribution in [-0.2, 0) is 68.5 Å². The molecule has 4 N–H and O–H groups in total. The van der Waals surface area contributed by atoms with Gasteiger partial charge in [0, 0.05) is 93.8 Å². The number of carbonyl (C=O) groups is 9. The number of nitrogens with one attached hydrogen (secondary N) is 4. The molecule has 1 aromatic heterocycles. The normalized spacial score (nSPS) is 18.0. The van der Waals surface area contributed by atoms with Crippen LogP contribution in [0.2, 0.25) is 0 Å². The van der Waals surface area contributed by atoms with Crippen LogP contribution in [0.4, 0.5) is 21.0 Å². The highest BCUT2D eigenvalue weighted by atomic mass is 16.7. The molecule has 2 aliphatic heterocycles. The Hall–Kier alpha value is -9.64. The number of methoxy groups -OCH3 is 1. The van der Waals surface area contributed by atoms with E-state index in [9.17, 15) is 43.2 Å². The highest BCUT2D eigenvalue weighted by Gasteiger charge is 2.56. The fraction of sp³-hybridized carbons (Fsp3) is 0.403. The number of benzene rings is 4. The number of hydrogen-bond donors (Lipinski definition) is 4. The van der Waals surface area contributed by atoms with Crippen molar-refractivity contribution in [2.75, 3.05) is 50.5 Å². The number of aromatic nitrogens is 1. The Morgan fingerprint density at radius 3 is 2.07 bits per heavy atom. The lowest BCUT2D eigenvalue weighted by molar-refractivity contribution is -0.688.